The van der Waals surface area contributed by atoms with Crippen molar-refractivity contribution < 1.29 is 14.1 Å². The second-order valence-electron chi connectivity index (χ2n) is 6.33. The maximum absolute atomic E-state index is 12.2. The van der Waals surface area contributed by atoms with Crippen LogP contribution in [0, 0.1) is 0 Å². The molecule has 1 amide bonds. The van der Waals surface area contributed by atoms with Crippen molar-refractivity contribution >= 4 is 16.9 Å². The molecule has 0 aliphatic carbocycles. The van der Waals surface area contributed by atoms with Gasteiger partial charge in [0.15, 0.2) is 5.58 Å². The number of benzene rings is 2. The van der Waals surface area contributed by atoms with Crippen molar-refractivity contribution in [3.05, 3.63) is 89.9 Å². The normalized spacial score (nSPS) is 10.7. The zero-order valence-electron chi connectivity index (χ0n) is 15.2. The summed E-state index contributed by atoms with van der Waals surface area (Å²) < 4.78 is 10.9. The summed E-state index contributed by atoms with van der Waals surface area (Å²) >= 11 is 0. The smallest absolute Gasteiger partial charge is 0.226 e. The van der Waals surface area contributed by atoms with Gasteiger partial charge in [0.2, 0.25) is 5.91 Å². The minimum Gasteiger partial charge on any atom is -0.487 e. The minimum atomic E-state index is -0.102. The number of pyridine rings is 1. The van der Waals surface area contributed by atoms with Gasteiger partial charge in [0.25, 0.3) is 0 Å². The van der Waals surface area contributed by atoms with Gasteiger partial charge in [-0.15, -0.1) is 0 Å². The van der Waals surface area contributed by atoms with Crippen LogP contribution in [0.5, 0.6) is 5.75 Å². The monoisotopic (exact) mass is 373 g/mol. The third-order valence-corrected chi connectivity index (χ3v) is 4.31. The summed E-state index contributed by atoms with van der Waals surface area (Å²) in [5, 5.41) is 7.77. The number of rotatable bonds is 7. The van der Waals surface area contributed by atoms with Gasteiger partial charge in [-0.2, -0.15) is 0 Å². The number of hydrogen-bond donors (Lipinski definition) is 1. The van der Waals surface area contributed by atoms with E-state index in [1.807, 2.05) is 66.7 Å². The fourth-order valence-corrected chi connectivity index (χ4v) is 2.83. The molecule has 0 spiro atoms. The number of hydrogen-bond acceptors (Lipinski definition) is 5. The lowest BCUT2D eigenvalue weighted by Crippen LogP contribution is -2.24. The van der Waals surface area contributed by atoms with E-state index in [2.05, 4.69) is 15.5 Å². The number of fused-ring (bicyclic) bond motifs is 1. The van der Waals surface area contributed by atoms with Crippen LogP contribution < -0.4 is 10.1 Å². The van der Waals surface area contributed by atoms with Crippen LogP contribution in [0.1, 0.15) is 17.0 Å². The average Bonchev–Trinajstić information content (AvgIpc) is 3.15. The van der Waals surface area contributed by atoms with Gasteiger partial charge in [0.1, 0.15) is 18.1 Å². The fourth-order valence-electron chi connectivity index (χ4n) is 2.83. The Balaban J connectivity index is 1.28. The number of amides is 1. The molecule has 4 aromatic rings. The molecule has 0 saturated carbocycles. The highest BCUT2D eigenvalue weighted by Crippen LogP contribution is 2.18. The number of carbonyl (C=O) groups excluding carboxylic acids is 1. The van der Waals surface area contributed by atoms with Gasteiger partial charge in [-0.05, 0) is 42.0 Å². The van der Waals surface area contributed by atoms with Gasteiger partial charge >= 0.3 is 0 Å². The van der Waals surface area contributed by atoms with Crippen molar-refractivity contribution in [2.24, 2.45) is 0 Å². The Bertz CT molecular complexity index is 1060. The third kappa shape index (κ3) is 4.35. The van der Waals surface area contributed by atoms with E-state index >= 15 is 0 Å². The second kappa shape index (κ2) is 8.35. The molecule has 0 fully saturated rings. The highest BCUT2D eigenvalue weighted by Gasteiger charge is 2.11. The molecule has 1 N–H and O–H groups in total. The number of carbonyl (C=O) groups is 1. The average molecular weight is 373 g/mol. The molecule has 0 aliphatic rings. The molecular formula is C22H19N3O3. The quantitative estimate of drug-likeness (QED) is 0.535. The Labute approximate surface area is 162 Å². The van der Waals surface area contributed by atoms with Crippen molar-refractivity contribution in [1.82, 2.24) is 15.5 Å². The molecule has 6 heteroatoms. The lowest BCUT2D eigenvalue weighted by molar-refractivity contribution is -0.120. The van der Waals surface area contributed by atoms with Crippen LogP contribution in [0.15, 0.2) is 77.4 Å². The molecule has 0 saturated heterocycles. The van der Waals surface area contributed by atoms with Crippen molar-refractivity contribution in [2.45, 2.75) is 19.6 Å². The van der Waals surface area contributed by atoms with Gasteiger partial charge in [-0.3, -0.25) is 9.78 Å². The maximum Gasteiger partial charge on any atom is 0.226 e. The van der Waals surface area contributed by atoms with E-state index in [0.717, 1.165) is 22.4 Å². The lowest BCUT2D eigenvalue weighted by Gasteiger charge is -2.08. The zero-order valence-corrected chi connectivity index (χ0v) is 15.2. The van der Waals surface area contributed by atoms with Crippen molar-refractivity contribution in [3.63, 3.8) is 0 Å². The molecule has 0 unspecified atom stereocenters. The number of para-hydroxylation sites is 1. The van der Waals surface area contributed by atoms with E-state index in [-0.39, 0.29) is 12.3 Å². The third-order valence-electron chi connectivity index (χ3n) is 4.31. The van der Waals surface area contributed by atoms with E-state index < -0.39 is 0 Å². The second-order valence-corrected chi connectivity index (χ2v) is 6.33. The summed E-state index contributed by atoms with van der Waals surface area (Å²) in [4.78, 5) is 16.5. The largest absolute Gasteiger partial charge is 0.487 e. The molecule has 0 atom stereocenters. The standard InChI is InChI=1S/C22H19N3O3/c26-22(13-20-19-6-1-2-7-21(19)28-25-20)24-14-16-8-10-18(11-9-16)27-15-17-5-3-4-12-23-17/h1-12H,13-15H2,(H,24,26). The topological polar surface area (TPSA) is 77.2 Å². The first kappa shape index (κ1) is 17.7. The first-order valence-electron chi connectivity index (χ1n) is 8.99. The van der Waals surface area contributed by atoms with Gasteiger partial charge in [0.05, 0.1) is 12.1 Å². The van der Waals surface area contributed by atoms with Crippen LogP contribution >= 0.6 is 0 Å². The molecule has 6 nitrogen and oxygen atoms in total. The van der Waals surface area contributed by atoms with E-state index in [4.69, 9.17) is 9.26 Å². The first-order chi connectivity index (χ1) is 13.8. The molecule has 4 rings (SSSR count). The van der Waals surface area contributed by atoms with Gasteiger partial charge in [0, 0.05) is 18.1 Å². The number of nitrogens with one attached hydrogen (secondary N) is 1. The predicted octanol–water partition coefficient (Wildman–Crippen LogP) is 3.66. The number of aromatic nitrogens is 2. The molecule has 2 aromatic carbocycles. The van der Waals surface area contributed by atoms with Crippen LogP contribution in [0.3, 0.4) is 0 Å². The summed E-state index contributed by atoms with van der Waals surface area (Å²) in [5.74, 6) is 0.657. The van der Waals surface area contributed by atoms with Crippen LogP contribution in [-0.4, -0.2) is 16.0 Å². The lowest BCUT2D eigenvalue weighted by atomic mass is 10.1. The van der Waals surface area contributed by atoms with Crippen LogP contribution in [0.25, 0.3) is 11.0 Å². The Morgan fingerprint density at radius 2 is 1.82 bits per heavy atom. The minimum absolute atomic E-state index is 0.102. The van der Waals surface area contributed by atoms with Crippen molar-refractivity contribution in [1.29, 1.82) is 0 Å². The summed E-state index contributed by atoms with van der Waals surface area (Å²) in [7, 11) is 0. The van der Waals surface area contributed by atoms with Gasteiger partial charge < -0.3 is 14.6 Å². The SMILES string of the molecule is O=C(Cc1noc2ccccc12)NCc1ccc(OCc2ccccn2)cc1. The molecule has 2 heterocycles. The Kier molecular flexibility index (Phi) is 5.29. The summed E-state index contributed by atoms with van der Waals surface area (Å²) in [6.07, 6.45) is 1.93. The van der Waals surface area contributed by atoms with Gasteiger partial charge in [-0.25, -0.2) is 0 Å². The Hall–Kier alpha value is -3.67. The Morgan fingerprint density at radius 1 is 1.00 bits per heavy atom. The van der Waals surface area contributed by atoms with Crippen molar-refractivity contribution in [3.8, 4) is 5.75 Å². The number of nitrogens with zero attached hydrogens (tertiary/aromatic N) is 2. The molecule has 140 valence electrons. The van der Waals surface area contributed by atoms with E-state index in [0.29, 0.717) is 24.4 Å². The molecule has 0 aliphatic heterocycles. The van der Waals surface area contributed by atoms with Crippen LogP contribution in [-0.2, 0) is 24.4 Å². The summed E-state index contributed by atoms with van der Waals surface area (Å²) in [6.45, 7) is 0.859. The van der Waals surface area contributed by atoms with Crippen LogP contribution in [0.4, 0.5) is 0 Å². The van der Waals surface area contributed by atoms with E-state index in [1.165, 1.54) is 0 Å². The highest BCUT2D eigenvalue weighted by atomic mass is 16.5. The number of ether oxygens (including phenoxy) is 1. The predicted molar refractivity (Wildman–Crippen MR) is 105 cm³/mol. The zero-order chi connectivity index (χ0) is 19.2. The molecule has 0 radical (unpaired) electrons. The fraction of sp³-hybridized carbons (Fsp3) is 0.136. The maximum atomic E-state index is 12.2. The van der Waals surface area contributed by atoms with Crippen molar-refractivity contribution in [2.75, 3.05) is 0 Å². The van der Waals surface area contributed by atoms with Crippen LogP contribution in [0.2, 0.25) is 0 Å². The first-order valence-corrected chi connectivity index (χ1v) is 8.99. The molecule has 2 aromatic heterocycles. The highest BCUT2D eigenvalue weighted by molar-refractivity contribution is 5.86. The molecule has 28 heavy (non-hydrogen) atoms. The van der Waals surface area contributed by atoms with E-state index in [9.17, 15) is 4.79 Å². The summed E-state index contributed by atoms with van der Waals surface area (Å²) in [5.41, 5.74) is 3.20. The molecule has 0 bridgehead atoms. The van der Waals surface area contributed by atoms with Gasteiger partial charge in [-0.1, -0.05) is 35.5 Å². The Morgan fingerprint density at radius 3 is 2.64 bits per heavy atom. The van der Waals surface area contributed by atoms with E-state index in [1.54, 1.807) is 6.20 Å². The molecular weight excluding hydrogens is 354 g/mol. The summed E-state index contributed by atoms with van der Waals surface area (Å²) in [6, 6.07) is 20.9.